The number of pyridine rings is 1. The average Bonchev–Trinajstić information content (AvgIpc) is 2.32. The first-order valence-corrected chi connectivity index (χ1v) is 5.57. The zero-order valence-electron chi connectivity index (χ0n) is 8.85. The molecule has 2 N–H and O–H groups in total. The molecule has 0 saturated heterocycles. The van der Waals surface area contributed by atoms with Gasteiger partial charge in [-0.25, -0.2) is 4.98 Å². The minimum absolute atomic E-state index is 0.278. The van der Waals surface area contributed by atoms with Crippen molar-refractivity contribution in [2.45, 2.75) is 16.2 Å². The Hall–Kier alpha value is -1.83. The number of anilines is 1. The van der Waals surface area contributed by atoms with Gasteiger partial charge in [-0.1, -0.05) is 0 Å². The van der Waals surface area contributed by atoms with Gasteiger partial charge in [-0.2, -0.15) is 13.2 Å². The Balaban J connectivity index is 2.13. The Labute approximate surface area is 104 Å². The molecule has 0 unspecified atom stereocenters. The summed E-state index contributed by atoms with van der Waals surface area (Å²) in [4.78, 5) is 3.71. The number of halogens is 3. The topological polar surface area (TPSA) is 64.7 Å². The van der Waals surface area contributed by atoms with E-state index in [1.165, 1.54) is 6.07 Å². The van der Waals surface area contributed by atoms with E-state index >= 15 is 0 Å². The van der Waals surface area contributed by atoms with Gasteiger partial charge in [-0.05, 0) is 36.0 Å². The monoisotopic (exact) mass is 272 g/mol. The summed E-state index contributed by atoms with van der Waals surface area (Å²) >= 11 is 1.11. The van der Waals surface area contributed by atoms with E-state index in [0.29, 0.717) is 10.1 Å². The second-order valence-corrected chi connectivity index (χ2v) is 4.32. The number of nitrogen functional groups attached to an aromatic ring is 1. The van der Waals surface area contributed by atoms with Crippen LogP contribution in [0.3, 0.4) is 0 Å². The van der Waals surface area contributed by atoms with Crippen molar-refractivity contribution in [3.8, 4) is 0 Å². The lowest BCUT2D eigenvalue weighted by Gasteiger charge is -2.06. The van der Waals surface area contributed by atoms with Crippen LogP contribution >= 0.6 is 11.8 Å². The molecule has 2 rings (SSSR count). The van der Waals surface area contributed by atoms with E-state index in [1.807, 2.05) is 0 Å². The zero-order valence-corrected chi connectivity index (χ0v) is 9.66. The third-order valence-corrected chi connectivity index (χ3v) is 2.81. The quantitative estimate of drug-likeness (QED) is 0.910. The molecule has 0 fully saturated rings. The minimum Gasteiger partial charge on any atom is -0.382 e. The van der Waals surface area contributed by atoms with Crippen LogP contribution in [0.2, 0.25) is 0 Å². The van der Waals surface area contributed by atoms with Crippen molar-refractivity contribution in [2.24, 2.45) is 0 Å². The second kappa shape index (κ2) is 4.81. The highest BCUT2D eigenvalue weighted by molar-refractivity contribution is 7.99. The lowest BCUT2D eigenvalue weighted by atomic mass is 10.3. The largest absolute Gasteiger partial charge is 0.417 e. The number of alkyl halides is 3. The third kappa shape index (κ3) is 3.10. The van der Waals surface area contributed by atoms with Crippen LogP contribution in [0, 0.1) is 0 Å². The highest BCUT2D eigenvalue weighted by Gasteiger charge is 2.30. The van der Waals surface area contributed by atoms with Gasteiger partial charge in [0.05, 0.1) is 5.56 Å². The van der Waals surface area contributed by atoms with E-state index in [1.54, 1.807) is 12.1 Å². The predicted octanol–water partition coefficient (Wildman–Crippen LogP) is 2.62. The van der Waals surface area contributed by atoms with Gasteiger partial charge >= 0.3 is 6.18 Å². The van der Waals surface area contributed by atoms with E-state index < -0.39 is 11.7 Å². The molecule has 0 atom stereocenters. The fourth-order valence-electron chi connectivity index (χ4n) is 1.10. The molecule has 0 aliphatic rings. The van der Waals surface area contributed by atoms with E-state index in [-0.39, 0.29) is 5.82 Å². The van der Waals surface area contributed by atoms with E-state index in [0.717, 1.165) is 24.0 Å². The summed E-state index contributed by atoms with van der Waals surface area (Å²) in [7, 11) is 0. The van der Waals surface area contributed by atoms with E-state index in [4.69, 9.17) is 5.73 Å². The molecule has 0 bridgehead atoms. The molecule has 0 spiro atoms. The molecule has 0 radical (unpaired) electrons. The number of nitrogens with two attached hydrogens (primary N) is 1. The molecule has 94 valence electrons. The fourth-order valence-corrected chi connectivity index (χ4v) is 1.77. The summed E-state index contributed by atoms with van der Waals surface area (Å²) in [6.07, 6.45) is -3.59. The Morgan fingerprint density at radius 2 is 1.72 bits per heavy atom. The number of hydrogen-bond donors (Lipinski definition) is 1. The zero-order chi connectivity index (χ0) is 13.2. The Morgan fingerprint density at radius 1 is 1.00 bits per heavy atom. The van der Waals surface area contributed by atoms with Gasteiger partial charge in [-0.3, -0.25) is 0 Å². The first-order valence-electron chi connectivity index (χ1n) is 4.75. The maximum Gasteiger partial charge on any atom is 0.417 e. The summed E-state index contributed by atoms with van der Waals surface area (Å²) in [5.41, 5.74) is 4.58. The lowest BCUT2D eigenvalue weighted by Crippen LogP contribution is -2.05. The molecule has 8 heteroatoms. The second-order valence-electron chi connectivity index (χ2n) is 3.28. The van der Waals surface area contributed by atoms with E-state index in [9.17, 15) is 13.2 Å². The Kier molecular flexibility index (Phi) is 3.37. The van der Waals surface area contributed by atoms with Gasteiger partial charge in [0, 0.05) is 6.20 Å². The van der Waals surface area contributed by atoms with Crippen molar-refractivity contribution in [3.05, 3.63) is 36.0 Å². The standard InChI is InChI=1S/C10H7F3N4S/c11-10(12,13)6-1-3-8(15-5-6)18-9-4-2-7(14)16-17-9/h1-5H,(H2,14,16). The Bertz CT molecular complexity index is 524. The van der Waals surface area contributed by atoms with Gasteiger partial charge in [0.2, 0.25) is 0 Å². The molecule has 0 saturated carbocycles. The van der Waals surface area contributed by atoms with Crippen LogP contribution in [0.25, 0.3) is 0 Å². The molecule has 2 aromatic rings. The summed E-state index contributed by atoms with van der Waals surface area (Å²) in [6, 6.07) is 5.43. The number of hydrogen-bond acceptors (Lipinski definition) is 5. The van der Waals surface area contributed by atoms with Gasteiger partial charge in [0.15, 0.2) is 0 Å². The van der Waals surface area contributed by atoms with Crippen LogP contribution in [-0.2, 0) is 6.18 Å². The molecule has 0 aromatic carbocycles. The average molecular weight is 272 g/mol. The maximum absolute atomic E-state index is 12.3. The molecule has 0 amide bonds. The first-order chi connectivity index (χ1) is 8.45. The van der Waals surface area contributed by atoms with Crippen LogP contribution in [0.5, 0.6) is 0 Å². The molecule has 0 aliphatic carbocycles. The molecule has 0 aliphatic heterocycles. The maximum atomic E-state index is 12.3. The summed E-state index contributed by atoms with van der Waals surface area (Å²) in [5, 5.41) is 8.32. The Morgan fingerprint density at radius 3 is 2.22 bits per heavy atom. The van der Waals surface area contributed by atoms with Gasteiger partial charge in [-0.15, -0.1) is 10.2 Å². The smallest absolute Gasteiger partial charge is 0.382 e. The predicted molar refractivity (Wildman–Crippen MR) is 59.8 cm³/mol. The van der Waals surface area contributed by atoms with Crippen molar-refractivity contribution in [1.82, 2.24) is 15.2 Å². The fraction of sp³-hybridized carbons (Fsp3) is 0.100. The number of aromatic nitrogens is 3. The van der Waals surface area contributed by atoms with Gasteiger partial charge in [0.1, 0.15) is 15.9 Å². The minimum atomic E-state index is -4.38. The molecule has 4 nitrogen and oxygen atoms in total. The lowest BCUT2D eigenvalue weighted by molar-refractivity contribution is -0.137. The SMILES string of the molecule is Nc1ccc(Sc2ccc(C(F)(F)F)cn2)nn1. The molecular weight excluding hydrogens is 265 g/mol. The van der Waals surface area contributed by atoms with Crippen molar-refractivity contribution >= 4 is 17.6 Å². The van der Waals surface area contributed by atoms with Gasteiger partial charge < -0.3 is 5.73 Å². The van der Waals surface area contributed by atoms with Crippen molar-refractivity contribution < 1.29 is 13.2 Å². The van der Waals surface area contributed by atoms with Crippen LogP contribution in [0.4, 0.5) is 19.0 Å². The number of rotatable bonds is 2. The molecule has 2 heterocycles. The number of nitrogens with zero attached hydrogens (tertiary/aromatic N) is 3. The van der Waals surface area contributed by atoms with Gasteiger partial charge in [0.25, 0.3) is 0 Å². The van der Waals surface area contributed by atoms with Crippen LogP contribution < -0.4 is 5.73 Å². The van der Waals surface area contributed by atoms with Crippen molar-refractivity contribution in [1.29, 1.82) is 0 Å². The molecule has 2 aromatic heterocycles. The van der Waals surface area contributed by atoms with E-state index in [2.05, 4.69) is 15.2 Å². The highest BCUT2D eigenvalue weighted by Crippen LogP contribution is 2.30. The molecular formula is C10H7F3N4S. The normalized spacial score (nSPS) is 11.5. The third-order valence-electron chi connectivity index (χ3n) is 1.93. The summed E-state index contributed by atoms with van der Waals surface area (Å²) in [6.45, 7) is 0. The summed E-state index contributed by atoms with van der Waals surface area (Å²) < 4.78 is 36.9. The van der Waals surface area contributed by atoms with Crippen molar-refractivity contribution in [2.75, 3.05) is 5.73 Å². The van der Waals surface area contributed by atoms with Crippen molar-refractivity contribution in [3.63, 3.8) is 0 Å². The van der Waals surface area contributed by atoms with Crippen LogP contribution in [0.15, 0.2) is 40.5 Å². The molecule has 18 heavy (non-hydrogen) atoms. The highest BCUT2D eigenvalue weighted by atomic mass is 32.2. The van der Waals surface area contributed by atoms with Crippen LogP contribution in [-0.4, -0.2) is 15.2 Å². The summed E-state index contributed by atoms with van der Waals surface area (Å²) in [5.74, 6) is 0.278. The first kappa shape index (κ1) is 12.6. The van der Waals surface area contributed by atoms with Crippen LogP contribution in [0.1, 0.15) is 5.56 Å².